The van der Waals surface area contributed by atoms with E-state index in [9.17, 15) is 5.11 Å². The van der Waals surface area contributed by atoms with Gasteiger partial charge in [-0.05, 0) is 30.7 Å². The fourth-order valence-corrected chi connectivity index (χ4v) is 2.14. The van der Waals surface area contributed by atoms with E-state index in [4.69, 9.17) is 4.74 Å². The smallest absolute Gasteiger partial charge is 0.178 e. The van der Waals surface area contributed by atoms with E-state index in [-0.39, 0.29) is 5.75 Å². The van der Waals surface area contributed by atoms with Crippen molar-refractivity contribution in [2.75, 3.05) is 6.61 Å². The molecule has 0 spiro atoms. The van der Waals surface area contributed by atoms with Gasteiger partial charge >= 0.3 is 0 Å². The average Bonchev–Trinajstić information content (AvgIpc) is 2.43. The molecule has 0 unspecified atom stereocenters. The maximum absolute atomic E-state index is 10.9. The predicted molar refractivity (Wildman–Crippen MR) is 79.3 cm³/mol. The van der Waals surface area contributed by atoms with Crippen LogP contribution >= 0.6 is 0 Å². The molecule has 0 saturated heterocycles. The third kappa shape index (κ3) is 8.52. The summed E-state index contributed by atoms with van der Waals surface area (Å²) in [4.78, 5) is 0. The molecule has 0 atom stereocenters. The Bertz CT molecular complexity index is 306. The Hall–Kier alpha value is -1.18. The molecule has 107 valence electrons. The SMILES string of the molecule is CCCCCCCCCCCOc1ccc([O])cc1. The minimum atomic E-state index is 0.0374. The normalized spacial score (nSPS) is 10.6. The number of benzene rings is 1. The van der Waals surface area contributed by atoms with Crippen LogP contribution in [0.25, 0.3) is 0 Å². The lowest BCUT2D eigenvalue weighted by atomic mass is 10.1. The molecule has 1 aromatic rings. The van der Waals surface area contributed by atoms with Gasteiger partial charge < -0.3 is 4.74 Å². The Morgan fingerprint density at radius 2 is 1.32 bits per heavy atom. The molecule has 0 saturated carbocycles. The number of hydrogen-bond donors (Lipinski definition) is 0. The largest absolute Gasteiger partial charge is 0.494 e. The minimum Gasteiger partial charge on any atom is -0.494 e. The molecule has 2 nitrogen and oxygen atoms in total. The Kier molecular flexibility index (Phi) is 8.95. The number of hydrogen-bond acceptors (Lipinski definition) is 1. The van der Waals surface area contributed by atoms with Gasteiger partial charge in [0.1, 0.15) is 5.75 Å². The summed E-state index contributed by atoms with van der Waals surface area (Å²) in [5.41, 5.74) is 0. The highest BCUT2D eigenvalue weighted by Crippen LogP contribution is 2.17. The highest BCUT2D eigenvalue weighted by molar-refractivity contribution is 5.29. The van der Waals surface area contributed by atoms with Gasteiger partial charge in [0.2, 0.25) is 0 Å². The van der Waals surface area contributed by atoms with Gasteiger partial charge in [0.15, 0.2) is 5.75 Å². The minimum absolute atomic E-state index is 0.0374. The first-order valence-corrected chi connectivity index (χ1v) is 7.73. The number of rotatable bonds is 11. The van der Waals surface area contributed by atoms with Crippen molar-refractivity contribution < 1.29 is 9.84 Å². The number of ether oxygens (including phenoxy) is 1. The van der Waals surface area contributed by atoms with Crippen molar-refractivity contribution in [3.63, 3.8) is 0 Å². The van der Waals surface area contributed by atoms with Crippen molar-refractivity contribution in [2.45, 2.75) is 64.7 Å². The maximum atomic E-state index is 10.9. The fraction of sp³-hybridized carbons (Fsp3) is 0.647. The molecule has 0 amide bonds. The first-order chi connectivity index (χ1) is 9.33. The molecule has 1 radical (unpaired) electrons. The van der Waals surface area contributed by atoms with E-state index in [1.165, 1.54) is 51.4 Å². The van der Waals surface area contributed by atoms with Gasteiger partial charge in [-0.3, -0.25) is 5.11 Å². The van der Waals surface area contributed by atoms with Gasteiger partial charge in [-0.1, -0.05) is 58.3 Å². The zero-order chi connectivity index (χ0) is 13.8. The Labute approximate surface area is 117 Å². The third-order valence-corrected chi connectivity index (χ3v) is 3.34. The van der Waals surface area contributed by atoms with Crippen molar-refractivity contribution in [3.05, 3.63) is 24.3 Å². The molecule has 1 aromatic carbocycles. The lowest BCUT2D eigenvalue weighted by molar-refractivity contribution is 0.302. The third-order valence-electron chi connectivity index (χ3n) is 3.34. The molecule has 0 bridgehead atoms. The topological polar surface area (TPSA) is 29.1 Å². The van der Waals surface area contributed by atoms with Crippen molar-refractivity contribution >= 4 is 0 Å². The van der Waals surface area contributed by atoms with E-state index in [0.717, 1.165) is 18.8 Å². The molecule has 0 aliphatic carbocycles. The standard InChI is InChI=1S/C17H27O2/c1-2-3-4-5-6-7-8-9-10-15-19-17-13-11-16(18)12-14-17/h11-14H,2-10,15H2,1H3. The van der Waals surface area contributed by atoms with Crippen molar-refractivity contribution in [1.29, 1.82) is 0 Å². The molecule has 0 fully saturated rings. The second-order valence-electron chi connectivity index (χ2n) is 5.15. The summed E-state index contributed by atoms with van der Waals surface area (Å²) in [5.74, 6) is 0.842. The van der Waals surface area contributed by atoms with E-state index in [1.807, 2.05) is 0 Å². The maximum Gasteiger partial charge on any atom is 0.178 e. The van der Waals surface area contributed by atoms with E-state index < -0.39 is 0 Å². The molecule has 2 heteroatoms. The van der Waals surface area contributed by atoms with Gasteiger partial charge in [-0.15, -0.1) is 0 Å². The molecule has 0 aromatic heterocycles. The van der Waals surface area contributed by atoms with Crippen LogP contribution in [-0.2, 0) is 5.11 Å². The van der Waals surface area contributed by atoms with Crippen LogP contribution in [0.4, 0.5) is 0 Å². The van der Waals surface area contributed by atoms with E-state index >= 15 is 0 Å². The highest BCUT2D eigenvalue weighted by Gasteiger charge is 1.96. The van der Waals surface area contributed by atoms with Crippen molar-refractivity contribution in [1.82, 2.24) is 0 Å². The molecule has 0 aliphatic heterocycles. The van der Waals surface area contributed by atoms with E-state index in [2.05, 4.69) is 6.92 Å². The van der Waals surface area contributed by atoms with Gasteiger partial charge in [-0.2, -0.15) is 0 Å². The summed E-state index contributed by atoms with van der Waals surface area (Å²) in [5, 5.41) is 10.9. The monoisotopic (exact) mass is 263 g/mol. The zero-order valence-corrected chi connectivity index (χ0v) is 12.2. The molecule has 19 heavy (non-hydrogen) atoms. The summed E-state index contributed by atoms with van der Waals surface area (Å²) in [7, 11) is 0. The quantitative estimate of drug-likeness (QED) is 0.468. The summed E-state index contributed by atoms with van der Waals surface area (Å²) in [6.45, 7) is 3.01. The lowest BCUT2D eigenvalue weighted by Gasteiger charge is -2.05. The fourth-order valence-electron chi connectivity index (χ4n) is 2.14. The van der Waals surface area contributed by atoms with Gasteiger partial charge in [0, 0.05) is 0 Å². The first-order valence-electron chi connectivity index (χ1n) is 7.73. The summed E-state index contributed by atoms with van der Waals surface area (Å²) >= 11 is 0. The molecule has 1 rings (SSSR count). The average molecular weight is 263 g/mol. The van der Waals surface area contributed by atoms with Crippen LogP contribution in [0, 0.1) is 0 Å². The molecule has 0 N–H and O–H groups in total. The summed E-state index contributed by atoms with van der Waals surface area (Å²) in [6.07, 6.45) is 11.9. The first kappa shape index (κ1) is 15.9. The lowest BCUT2D eigenvalue weighted by Crippen LogP contribution is -1.96. The highest BCUT2D eigenvalue weighted by atomic mass is 16.5. The van der Waals surface area contributed by atoms with Crippen LogP contribution in [0.3, 0.4) is 0 Å². The zero-order valence-electron chi connectivity index (χ0n) is 12.2. The van der Waals surface area contributed by atoms with Crippen LogP contribution in [0.1, 0.15) is 64.7 Å². The van der Waals surface area contributed by atoms with E-state index in [1.54, 1.807) is 24.3 Å². The van der Waals surface area contributed by atoms with Crippen LogP contribution in [-0.4, -0.2) is 6.61 Å². The summed E-state index contributed by atoms with van der Waals surface area (Å²) in [6, 6.07) is 6.59. The van der Waals surface area contributed by atoms with Crippen LogP contribution < -0.4 is 4.74 Å². The van der Waals surface area contributed by atoms with Crippen molar-refractivity contribution in [2.24, 2.45) is 0 Å². The van der Waals surface area contributed by atoms with Crippen LogP contribution in [0.5, 0.6) is 11.5 Å². The summed E-state index contributed by atoms with van der Waals surface area (Å²) < 4.78 is 5.58. The van der Waals surface area contributed by atoms with Gasteiger partial charge in [0.05, 0.1) is 6.61 Å². The predicted octanol–water partition coefficient (Wildman–Crippen LogP) is 5.74. The Balaban J connectivity index is 1.87. The van der Waals surface area contributed by atoms with Gasteiger partial charge in [-0.25, -0.2) is 0 Å². The van der Waals surface area contributed by atoms with Crippen molar-refractivity contribution in [3.8, 4) is 11.5 Å². The molecular formula is C17H27O2. The number of unbranched alkanes of at least 4 members (excludes halogenated alkanes) is 8. The second-order valence-corrected chi connectivity index (χ2v) is 5.15. The Morgan fingerprint density at radius 3 is 1.89 bits per heavy atom. The van der Waals surface area contributed by atoms with E-state index in [0.29, 0.717) is 0 Å². The molecular weight excluding hydrogens is 236 g/mol. The molecule has 0 aliphatic rings. The van der Waals surface area contributed by atoms with Crippen LogP contribution in [0.15, 0.2) is 24.3 Å². The van der Waals surface area contributed by atoms with Crippen LogP contribution in [0.2, 0.25) is 0 Å². The Morgan fingerprint density at radius 1 is 0.789 bits per heavy atom. The second kappa shape index (κ2) is 10.7. The molecule has 0 heterocycles. The van der Waals surface area contributed by atoms with Gasteiger partial charge in [0.25, 0.3) is 0 Å².